The van der Waals surface area contributed by atoms with Crippen LogP contribution in [-0.2, 0) is 9.59 Å². The molecule has 0 rings (SSSR count). The Balaban J connectivity index is 3.52. The van der Waals surface area contributed by atoms with Gasteiger partial charge in [-0.1, -0.05) is 0 Å². The van der Waals surface area contributed by atoms with Gasteiger partial charge in [0.05, 0.1) is 0 Å². The Bertz CT molecular complexity index is 187. The van der Waals surface area contributed by atoms with Crippen molar-refractivity contribution in [3.8, 4) is 0 Å². The van der Waals surface area contributed by atoms with E-state index in [2.05, 4.69) is 5.32 Å². The molecule has 0 spiro atoms. The number of carboxylic acids is 1. The maximum atomic E-state index is 10.9. The minimum atomic E-state index is -1.09. The lowest BCUT2D eigenvalue weighted by Gasteiger charge is -2.05. The molecule has 0 aliphatic rings. The van der Waals surface area contributed by atoms with Crippen molar-refractivity contribution in [3.63, 3.8) is 0 Å². The van der Waals surface area contributed by atoms with Crippen molar-refractivity contribution < 1.29 is 14.7 Å². The number of carbonyl (C=O) groups excluding carboxylic acids is 1. The molecule has 0 aliphatic heterocycles. The van der Waals surface area contributed by atoms with Crippen molar-refractivity contribution in [2.75, 3.05) is 12.4 Å². The maximum absolute atomic E-state index is 10.9. The fourth-order valence-electron chi connectivity index (χ4n) is 0.685. The number of hydrogen-bond donors (Lipinski definition) is 3. The highest BCUT2D eigenvalue weighted by Gasteiger charge is 2.12. The molecule has 0 saturated carbocycles. The van der Waals surface area contributed by atoms with E-state index in [1.807, 2.05) is 0 Å². The van der Waals surface area contributed by atoms with Crippen LogP contribution in [0.2, 0.25) is 0 Å². The molecule has 0 heterocycles. The maximum Gasteiger partial charge on any atom is 0.320 e. The van der Waals surface area contributed by atoms with Crippen molar-refractivity contribution in [1.29, 1.82) is 0 Å². The summed E-state index contributed by atoms with van der Waals surface area (Å²) in [5, 5.41) is 10.9. The van der Waals surface area contributed by atoms with Crippen molar-refractivity contribution >= 4 is 23.5 Å². The minimum Gasteiger partial charge on any atom is -0.480 e. The van der Waals surface area contributed by atoms with E-state index in [0.29, 0.717) is 12.4 Å². The quantitative estimate of drug-likeness (QED) is 0.515. The summed E-state index contributed by atoms with van der Waals surface area (Å²) in [6, 6.07) is -0.971. The number of nitrogens with one attached hydrogen (secondary N) is 1. The smallest absolute Gasteiger partial charge is 0.320 e. The summed E-state index contributed by atoms with van der Waals surface area (Å²) in [5.74, 6) is -0.973. The van der Waals surface area contributed by atoms with Crippen molar-refractivity contribution in [3.05, 3.63) is 0 Å². The lowest BCUT2D eigenvalue weighted by Crippen LogP contribution is -2.33. The van der Waals surface area contributed by atoms with Crippen molar-refractivity contribution in [2.24, 2.45) is 5.73 Å². The van der Waals surface area contributed by atoms with Gasteiger partial charge in [-0.05, 0) is 6.42 Å². The molecule has 0 unspecified atom stereocenters. The number of nitrogens with two attached hydrogens (primary N) is 1. The van der Waals surface area contributed by atoms with Gasteiger partial charge < -0.3 is 16.2 Å². The number of carboxylic acid groups (broad SMARTS) is 1. The van der Waals surface area contributed by atoms with Gasteiger partial charge in [-0.2, -0.15) is 0 Å². The molecule has 0 aromatic carbocycles. The van der Waals surface area contributed by atoms with Crippen LogP contribution in [0.25, 0.3) is 0 Å². The van der Waals surface area contributed by atoms with Gasteiger partial charge >= 0.3 is 5.97 Å². The third-order valence-corrected chi connectivity index (χ3v) is 1.61. The molecular formula is C7H13ClN2O3. The first-order valence-corrected chi connectivity index (χ1v) is 4.42. The average molecular weight is 209 g/mol. The third kappa shape index (κ3) is 6.36. The monoisotopic (exact) mass is 208 g/mol. The zero-order valence-corrected chi connectivity index (χ0v) is 7.88. The van der Waals surface area contributed by atoms with Gasteiger partial charge in [0.1, 0.15) is 6.04 Å². The van der Waals surface area contributed by atoms with Crippen LogP contribution < -0.4 is 11.1 Å². The number of rotatable bonds is 6. The molecule has 0 aromatic rings. The van der Waals surface area contributed by atoms with Gasteiger partial charge in [0, 0.05) is 18.8 Å². The van der Waals surface area contributed by atoms with Crippen LogP contribution in [0.3, 0.4) is 0 Å². The SMILES string of the molecule is N[C@@H](CCC(=O)NCCCl)C(=O)O. The second-order valence-corrected chi connectivity index (χ2v) is 2.90. The average Bonchev–Trinajstić information content (AvgIpc) is 2.10. The van der Waals surface area contributed by atoms with E-state index in [1.165, 1.54) is 0 Å². The van der Waals surface area contributed by atoms with Crippen LogP contribution in [0.5, 0.6) is 0 Å². The number of carbonyl (C=O) groups is 2. The van der Waals surface area contributed by atoms with Gasteiger partial charge in [0.25, 0.3) is 0 Å². The Morgan fingerprint density at radius 2 is 2.15 bits per heavy atom. The molecule has 0 aliphatic carbocycles. The predicted molar refractivity (Wildman–Crippen MR) is 48.6 cm³/mol. The fraction of sp³-hybridized carbons (Fsp3) is 0.714. The summed E-state index contributed by atoms with van der Waals surface area (Å²) in [6.45, 7) is 0.392. The molecule has 5 nitrogen and oxygen atoms in total. The molecule has 0 radical (unpaired) electrons. The highest BCUT2D eigenvalue weighted by Crippen LogP contribution is 1.94. The number of halogens is 1. The van der Waals surface area contributed by atoms with Crippen LogP contribution in [0.15, 0.2) is 0 Å². The first-order chi connectivity index (χ1) is 6.07. The van der Waals surface area contributed by atoms with E-state index in [1.54, 1.807) is 0 Å². The highest BCUT2D eigenvalue weighted by molar-refractivity contribution is 6.18. The molecule has 1 atom stereocenters. The largest absolute Gasteiger partial charge is 0.480 e. The van der Waals surface area contributed by atoms with Crippen LogP contribution in [0.1, 0.15) is 12.8 Å². The van der Waals surface area contributed by atoms with E-state index in [4.69, 9.17) is 22.4 Å². The van der Waals surface area contributed by atoms with E-state index < -0.39 is 12.0 Å². The summed E-state index contributed by atoms with van der Waals surface area (Å²) in [7, 11) is 0. The Kier molecular flexibility index (Phi) is 6.26. The van der Waals surface area contributed by atoms with Crippen LogP contribution >= 0.6 is 11.6 Å². The van der Waals surface area contributed by atoms with E-state index >= 15 is 0 Å². The molecule has 6 heteroatoms. The molecule has 0 saturated heterocycles. The summed E-state index contributed by atoms with van der Waals surface area (Å²) in [4.78, 5) is 21.2. The molecule has 1 amide bonds. The molecule has 13 heavy (non-hydrogen) atoms. The molecule has 76 valence electrons. The number of amides is 1. The predicted octanol–water partition coefficient (Wildman–Crippen LogP) is -0.467. The summed E-state index contributed by atoms with van der Waals surface area (Å²) in [5.41, 5.74) is 5.19. The van der Waals surface area contributed by atoms with E-state index in [0.717, 1.165) is 0 Å². The summed E-state index contributed by atoms with van der Waals surface area (Å²) < 4.78 is 0. The first-order valence-electron chi connectivity index (χ1n) is 3.89. The molecule has 4 N–H and O–H groups in total. The standard InChI is InChI=1S/C7H13ClN2O3/c8-3-4-10-6(11)2-1-5(9)7(12)13/h5H,1-4,9H2,(H,10,11)(H,12,13)/t5-/m0/s1. The Morgan fingerprint density at radius 1 is 1.54 bits per heavy atom. The van der Waals surface area contributed by atoms with Gasteiger partial charge in [-0.3, -0.25) is 9.59 Å². The molecule has 0 aromatic heterocycles. The van der Waals surface area contributed by atoms with Gasteiger partial charge in [0.15, 0.2) is 0 Å². The summed E-state index contributed by atoms with van der Waals surface area (Å²) >= 11 is 5.33. The van der Waals surface area contributed by atoms with Crippen LogP contribution in [0.4, 0.5) is 0 Å². The number of hydrogen-bond acceptors (Lipinski definition) is 3. The molecular weight excluding hydrogens is 196 g/mol. The normalized spacial score (nSPS) is 12.2. The van der Waals surface area contributed by atoms with Crippen LogP contribution in [-0.4, -0.2) is 35.4 Å². The lowest BCUT2D eigenvalue weighted by atomic mass is 10.1. The molecule has 0 fully saturated rings. The van der Waals surface area contributed by atoms with E-state index in [9.17, 15) is 9.59 Å². The lowest BCUT2D eigenvalue weighted by molar-refractivity contribution is -0.138. The van der Waals surface area contributed by atoms with Gasteiger partial charge in [-0.15, -0.1) is 11.6 Å². The minimum absolute atomic E-state index is 0.115. The van der Waals surface area contributed by atoms with Gasteiger partial charge in [0.2, 0.25) is 5.91 Å². The number of alkyl halides is 1. The summed E-state index contributed by atoms with van der Waals surface area (Å²) in [6.07, 6.45) is 0.258. The zero-order chi connectivity index (χ0) is 10.3. The highest BCUT2D eigenvalue weighted by atomic mass is 35.5. The second kappa shape index (κ2) is 6.68. The molecule has 0 bridgehead atoms. The zero-order valence-electron chi connectivity index (χ0n) is 7.12. The van der Waals surface area contributed by atoms with E-state index in [-0.39, 0.29) is 18.7 Å². The third-order valence-electron chi connectivity index (χ3n) is 1.42. The Hall–Kier alpha value is -0.810. The van der Waals surface area contributed by atoms with Gasteiger partial charge in [-0.25, -0.2) is 0 Å². The second-order valence-electron chi connectivity index (χ2n) is 2.52. The topological polar surface area (TPSA) is 92.4 Å². The number of aliphatic carboxylic acids is 1. The van der Waals surface area contributed by atoms with Crippen LogP contribution in [0, 0.1) is 0 Å². The Labute approximate surface area is 81.2 Å². The van der Waals surface area contributed by atoms with Crippen molar-refractivity contribution in [2.45, 2.75) is 18.9 Å². The fourth-order valence-corrected chi connectivity index (χ4v) is 0.780. The first kappa shape index (κ1) is 12.2. The van der Waals surface area contributed by atoms with Crippen molar-refractivity contribution in [1.82, 2.24) is 5.32 Å². The Morgan fingerprint density at radius 3 is 2.62 bits per heavy atom.